The highest BCUT2D eigenvalue weighted by molar-refractivity contribution is 5.94. The van der Waals surface area contributed by atoms with Gasteiger partial charge in [0.25, 0.3) is 0 Å². The second-order valence-corrected chi connectivity index (χ2v) is 8.47. The minimum Gasteiger partial charge on any atom is -0.481 e. The second-order valence-electron chi connectivity index (χ2n) is 8.47. The van der Waals surface area contributed by atoms with Crippen LogP contribution in [0.1, 0.15) is 83.1 Å². The molecular weight excluding hydrogens is 380 g/mol. The molecule has 0 aromatic heterocycles. The number of benzene rings is 1. The molecule has 1 heterocycles. The van der Waals surface area contributed by atoms with Crippen LogP contribution in [0.3, 0.4) is 0 Å². The third kappa shape index (κ3) is 7.47. The summed E-state index contributed by atoms with van der Waals surface area (Å²) in [6.45, 7) is 2.98. The van der Waals surface area contributed by atoms with Gasteiger partial charge in [-0.1, -0.05) is 68.9 Å². The van der Waals surface area contributed by atoms with Crippen molar-refractivity contribution >= 4 is 17.8 Å². The van der Waals surface area contributed by atoms with E-state index in [1.54, 1.807) is 4.90 Å². The van der Waals surface area contributed by atoms with Crippen LogP contribution in [0.25, 0.3) is 0 Å². The van der Waals surface area contributed by atoms with Crippen LogP contribution in [0.2, 0.25) is 0 Å². The van der Waals surface area contributed by atoms with Crippen LogP contribution < -0.4 is 5.32 Å². The van der Waals surface area contributed by atoms with Gasteiger partial charge in [-0.05, 0) is 31.7 Å². The minimum absolute atomic E-state index is 0.0415. The van der Waals surface area contributed by atoms with Gasteiger partial charge in [0.15, 0.2) is 0 Å². The Morgan fingerprint density at radius 2 is 1.60 bits per heavy atom. The van der Waals surface area contributed by atoms with E-state index in [-0.39, 0.29) is 18.2 Å². The molecule has 2 rings (SSSR count). The number of unbranched alkanes of at least 4 members (excludes halogenated alkanes) is 7. The molecule has 0 radical (unpaired) electrons. The first-order valence-electron chi connectivity index (χ1n) is 11.3. The highest BCUT2D eigenvalue weighted by atomic mass is 16.4. The lowest BCUT2D eigenvalue weighted by molar-refractivity contribution is -0.141. The molecule has 1 aliphatic rings. The smallest absolute Gasteiger partial charge is 0.303 e. The molecule has 1 saturated heterocycles. The Morgan fingerprint density at radius 3 is 2.23 bits per heavy atom. The minimum atomic E-state index is -0.775. The first-order valence-corrected chi connectivity index (χ1v) is 11.3. The average Bonchev–Trinajstić information content (AvgIpc) is 3.02. The van der Waals surface area contributed by atoms with E-state index in [4.69, 9.17) is 5.11 Å². The number of hydrogen-bond donors (Lipinski definition) is 2. The summed E-state index contributed by atoms with van der Waals surface area (Å²) in [4.78, 5) is 37.4. The molecule has 2 N–H and O–H groups in total. The molecule has 1 aromatic rings. The van der Waals surface area contributed by atoms with Gasteiger partial charge in [0.05, 0.1) is 0 Å². The summed E-state index contributed by atoms with van der Waals surface area (Å²) >= 11 is 0. The van der Waals surface area contributed by atoms with Gasteiger partial charge in [-0.2, -0.15) is 0 Å². The van der Waals surface area contributed by atoms with E-state index in [1.807, 2.05) is 37.3 Å². The zero-order valence-electron chi connectivity index (χ0n) is 18.2. The van der Waals surface area contributed by atoms with Gasteiger partial charge in [-0.25, -0.2) is 0 Å². The van der Waals surface area contributed by atoms with Gasteiger partial charge in [0.1, 0.15) is 5.54 Å². The standard InChI is InChI=1S/C24H36N2O4/c1-24(17-16-21(27)26(24)19-20-13-9-8-10-14-20)23(30)25-18-12-7-5-3-2-4-6-11-15-22(28)29/h8-10,13-14H,2-7,11-12,15-19H2,1H3,(H,25,30)(H,28,29). The maximum Gasteiger partial charge on any atom is 0.303 e. The Morgan fingerprint density at radius 1 is 1.00 bits per heavy atom. The first-order chi connectivity index (χ1) is 14.4. The predicted molar refractivity (Wildman–Crippen MR) is 117 cm³/mol. The lowest BCUT2D eigenvalue weighted by Gasteiger charge is -2.34. The van der Waals surface area contributed by atoms with Gasteiger partial charge in [0, 0.05) is 25.9 Å². The number of carboxylic acid groups (broad SMARTS) is 1. The van der Waals surface area contributed by atoms with Crippen molar-refractivity contribution in [1.29, 1.82) is 0 Å². The largest absolute Gasteiger partial charge is 0.481 e. The molecule has 6 heteroatoms. The van der Waals surface area contributed by atoms with Gasteiger partial charge in [-0.15, -0.1) is 0 Å². The van der Waals surface area contributed by atoms with Gasteiger partial charge in [-0.3, -0.25) is 14.4 Å². The van der Waals surface area contributed by atoms with Gasteiger partial charge < -0.3 is 15.3 Å². The fraction of sp³-hybridized carbons (Fsp3) is 0.625. The van der Waals surface area contributed by atoms with E-state index < -0.39 is 11.5 Å². The SMILES string of the molecule is CC1(C(=O)NCCCCCCCCCCC(=O)O)CCC(=O)N1Cc1ccccc1. The molecule has 0 aliphatic carbocycles. The van der Waals surface area contributed by atoms with E-state index >= 15 is 0 Å². The van der Waals surface area contributed by atoms with E-state index in [0.29, 0.717) is 25.9 Å². The molecule has 1 fully saturated rings. The van der Waals surface area contributed by atoms with Crippen LogP contribution in [-0.2, 0) is 20.9 Å². The van der Waals surface area contributed by atoms with Crippen molar-refractivity contribution in [2.75, 3.05) is 6.54 Å². The van der Waals surface area contributed by atoms with Crippen LogP contribution in [0.4, 0.5) is 0 Å². The molecule has 1 aromatic carbocycles. The number of aliphatic carboxylic acids is 1. The van der Waals surface area contributed by atoms with Crippen molar-refractivity contribution in [2.45, 2.75) is 89.6 Å². The summed E-state index contributed by atoms with van der Waals surface area (Å²) in [6.07, 6.45) is 9.52. The highest BCUT2D eigenvalue weighted by Crippen LogP contribution is 2.32. The highest BCUT2D eigenvalue weighted by Gasteiger charge is 2.46. The van der Waals surface area contributed by atoms with Crippen molar-refractivity contribution in [3.63, 3.8) is 0 Å². The lowest BCUT2D eigenvalue weighted by atomic mass is 9.97. The quantitative estimate of drug-likeness (QED) is 0.443. The topological polar surface area (TPSA) is 86.7 Å². The molecule has 1 aliphatic heterocycles. The molecule has 1 unspecified atom stereocenters. The number of nitrogens with zero attached hydrogens (tertiary/aromatic N) is 1. The Kier molecular flexibility index (Phi) is 9.84. The monoisotopic (exact) mass is 416 g/mol. The predicted octanol–water partition coefficient (Wildman–Crippen LogP) is 4.28. The number of carboxylic acids is 1. The molecule has 2 amide bonds. The first kappa shape index (κ1) is 23.9. The summed E-state index contributed by atoms with van der Waals surface area (Å²) in [6, 6.07) is 9.81. The molecule has 6 nitrogen and oxygen atoms in total. The Bertz CT molecular complexity index is 692. The lowest BCUT2D eigenvalue weighted by Crippen LogP contribution is -2.54. The number of rotatable bonds is 14. The molecule has 0 saturated carbocycles. The number of carbonyl (C=O) groups is 3. The zero-order chi connectivity index (χ0) is 21.8. The van der Waals surface area contributed by atoms with Crippen LogP contribution in [0, 0.1) is 0 Å². The number of carbonyl (C=O) groups excluding carboxylic acids is 2. The molecule has 166 valence electrons. The van der Waals surface area contributed by atoms with Crippen LogP contribution in [-0.4, -0.2) is 39.9 Å². The zero-order valence-corrected chi connectivity index (χ0v) is 18.2. The van der Waals surface area contributed by atoms with Gasteiger partial charge >= 0.3 is 5.97 Å². The third-order valence-corrected chi connectivity index (χ3v) is 6.00. The van der Waals surface area contributed by atoms with Crippen LogP contribution in [0.5, 0.6) is 0 Å². The molecule has 1 atom stereocenters. The Balaban J connectivity index is 1.62. The van der Waals surface area contributed by atoms with Crippen molar-refractivity contribution in [2.24, 2.45) is 0 Å². The maximum atomic E-state index is 12.8. The number of amides is 2. The average molecular weight is 417 g/mol. The molecule has 30 heavy (non-hydrogen) atoms. The molecule has 0 bridgehead atoms. The normalized spacial score (nSPS) is 18.6. The van der Waals surface area contributed by atoms with E-state index in [0.717, 1.165) is 56.9 Å². The van der Waals surface area contributed by atoms with E-state index in [9.17, 15) is 14.4 Å². The van der Waals surface area contributed by atoms with E-state index in [1.165, 1.54) is 0 Å². The van der Waals surface area contributed by atoms with Crippen molar-refractivity contribution in [3.05, 3.63) is 35.9 Å². The number of likely N-dealkylation sites (tertiary alicyclic amines) is 1. The van der Waals surface area contributed by atoms with Crippen molar-refractivity contribution in [3.8, 4) is 0 Å². The summed E-state index contributed by atoms with van der Waals surface area (Å²) in [7, 11) is 0. The summed E-state index contributed by atoms with van der Waals surface area (Å²) < 4.78 is 0. The van der Waals surface area contributed by atoms with Crippen LogP contribution >= 0.6 is 0 Å². The molecular formula is C24H36N2O4. The molecule has 0 spiro atoms. The van der Waals surface area contributed by atoms with Crippen molar-refractivity contribution in [1.82, 2.24) is 10.2 Å². The summed E-state index contributed by atoms with van der Waals surface area (Å²) in [5, 5.41) is 11.6. The van der Waals surface area contributed by atoms with Gasteiger partial charge in [0.2, 0.25) is 11.8 Å². The fourth-order valence-corrected chi connectivity index (χ4v) is 4.01. The van der Waals surface area contributed by atoms with E-state index in [2.05, 4.69) is 5.32 Å². The maximum absolute atomic E-state index is 12.8. The summed E-state index contributed by atoms with van der Waals surface area (Å²) in [5.41, 5.74) is 0.262. The fourth-order valence-electron chi connectivity index (χ4n) is 4.01. The van der Waals surface area contributed by atoms with Crippen molar-refractivity contribution < 1.29 is 19.5 Å². The Labute approximate surface area is 180 Å². The summed E-state index contributed by atoms with van der Waals surface area (Å²) in [5.74, 6) is -0.723. The Hall–Kier alpha value is -2.37. The second kappa shape index (κ2) is 12.4. The number of nitrogens with one attached hydrogen (secondary N) is 1. The third-order valence-electron chi connectivity index (χ3n) is 6.00. The number of hydrogen-bond acceptors (Lipinski definition) is 3. The van der Waals surface area contributed by atoms with Crippen LogP contribution in [0.15, 0.2) is 30.3 Å².